The lowest BCUT2D eigenvalue weighted by molar-refractivity contribution is -0.109. The van der Waals surface area contributed by atoms with Gasteiger partial charge in [-0.2, -0.15) is 4.99 Å². The molecule has 0 saturated carbocycles. The van der Waals surface area contributed by atoms with Gasteiger partial charge in [0.15, 0.2) is 5.12 Å². The highest BCUT2D eigenvalue weighted by molar-refractivity contribution is 8.13. The van der Waals surface area contributed by atoms with Crippen molar-refractivity contribution in [3.05, 3.63) is 29.8 Å². The van der Waals surface area contributed by atoms with E-state index >= 15 is 0 Å². The summed E-state index contributed by atoms with van der Waals surface area (Å²) in [6.07, 6.45) is 1.47. The zero-order valence-corrected chi connectivity index (χ0v) is 9.50. The van der Waals surface area contributed by atoms with Gasteiger partial charge in [-0.25, -0.2) is 4.79 Å². The summed E-state index contributed by atoms with van der Waals surface area (Å²) in [6.45, 7) is 1.51. The molecule has 3 nitrogen and oxygen atoms in total. The summed E-state index contributed by atoms with van der Waals surface area (Å²) in [4.78, 5) is 24.1. The minimum Gasteiger partial charge on any atom is -0.288 e. The average molecular weight is 231 g/mol. The number of nitrogens with zero attached hydrogens (tertiary/aromatic N) is 1. The van der Waals surface area contributed by atoms with Gasteiger partial charge in [0.2, 0.25) is 6.08 Å². The normalized spacial score (nSPS) is 8.56. The quantitative estimate of drug-likeness (QED) is 0.445. The van der Waals surface area contributed by atoms with Gasteiger partial charge < -0.3 is 0 Å². The summed E-state index contributed by atoms with van der Waals surface area (Å²) in [5.41, 5.74) is 1.38. The van der Waals surface area contributed by atoms with Crippen molar-refractivity contribution in [1.82, 2.24) is 0 Å². The van der Waals surface area contributed by atoms with E-state index in [1.807, 2.05) is 0 Å². The number of aliphatic imine (C=N–C) groups is 1. The lowest BCUT2D eigenvalue weighted by atomic mass is 10.2. The maximum absolute atomic E-state index is 10.6. The van der Waals surface area contributed by atoms with Crippen LogP contribution in [-0.4, -0.2) is 16.9 Å². The largest absolute Gasteiger partial charge is 0.288 e. The number of hydrogen-bond acceptors (Lipinski definition) is 4. The van der Waals surface area contributed by atoms with Crippen molar-refractivity contribution in [3.8, 4) is 11.8 Å². The molecule has 0 fully saturated rings. The van der Waals surface area contributed by atoms with Crippen LogP contribution in [0.4, 0.5) is 5.69 Å². The van der Waals surface area contributed by atoms with Gasteiger partial charge in [-0.15, -0.1) is 0 Å². The predicted octanol–water partition coefficient (Wildman–Crippen LogP) is 2.29. The highest BCUT2D eigenvalue weighted by Crippen LogP contribution is 2.11. The van der Waals surface area contributed by atoms with Gasteiger partial charge >= 0.3 is 0 Å². The van der Waals surface area contributed by atoms with Crippen LogP contribution in [0.2, 0.25) is 0 Å². The number of thioether (sulfide) groups is 1. The minimum atomic E-state index is 0.0602. The van der Waals surface area contributed by atoms with E-state index in [1.165, 1.54) is 24.8 Å². The molecule has 0 atom stereocenters. The number of carbonyl (C=O) groups excluding carboxylic acids is 2. The highest BCUT2D eigenvalue weighted by atomic mass is 32.2. The molecule has 0 bridgehead atoms. The third kappa shape index (κ3) is 4.61. The van der Waals surface area contributed by atoms with Crippen LogP contribution < -0.4 is 0 Å². The average Bonchev–Trinajstić information content (AvgIpc) is 2.27. The van der Waals surface area contributed by atoms with Crippen molar-refractivity contribution in [3.63, 3.8) is 0 Å². The van der Waals surface area contributed by atoms with Crippen molar-refractivity contribution in [2.45, 2.75) is 6.92 Å². The van der Waals surface area contributed by atoms with Crippen LogP contribution in [-0.2, 0) is 9.59 Å². The Hall–Kier alpha value is -1.82. The monoisotopic (exact) mass is 231 g/mol. The Bertz CT molecular complexity index is 476. The molecule has 4 heteroatoms. The summed E-state index contributed by atoms with van der Waals surface area (Å²) < 4.78 is 0. The fourth-order valence-corrected chi connectivity index (χ4v) is 1.30. The van der Waals surface area contributed by atoms with E-state index in [4.69, 9.17) is 0 Å². The van der Waals surface area contributed by atoms with Crippen LogP contribution in [0.3, 0.4) is 0 Å². The van der Waals surface area contributed by atoms with Gasteiger partial charge in [-0.3, -0.25) is 4.79 Å². The Morgan fingerprint density at radius 1 is 1.38 bits per heavy atom. The van der Waals surface area contributed by atoms with E-state index < -0.39 is 0 Å². The van der Waals surface area contributed by atoms with Crippen molar-refractivity contribution in [2.24, 2.45) is 4.99 Å². The molecule has 16 heavy (non-hydrogen) atoms. The van der Waals surface area contributed by atoms with Gasteiger partial charge in [0, 0.05) is 12.5 Å². The van der Waals surface area contributed by atoms with E-state index in [-0.39, 0.29) is 5.12 Å². The summed E-state index contributed by atoms with van der Waals surface area (Å²) in [7, 11) is 0. The Kier molecular flexibility index (Phi) is 5.07. The molecule has 1 rings (SSSR count). The third-order valence-electron chi connectivity index (χ3n) is 1.62. The molecule has 80 valence electrons. The van der Waals surface area contributed by atoms with Gasteiger partial charge in [-0.05, 0) is 24.3 Å². The fraction of sp³-hybridized carbons (Fsp3) is 0.167. The first-order valence-corrected chi connectivity index (χ1v) is 5.51. The lowest BCUT2D eigenvalue weighted by Crippen LogP contribution is -1.82. The van der Waals surface area contributed by atoms with E-state index in [9.17, 15) is 9.59 Å². The van der Waals surface area contributed by atoms with Crippen molar-refractivity contribution >= 4 is 28.6 Å². The zero-order valence-electron chi connectivity index (χ0n) is 8.69. The Labute approximate surface area is 98.0 Å². The first kappa shape index (κ1) is 12.3. The Morgan fingerprint density at radius 3 is 2.62 bits per heavy atom. The second-order valence-corrected chi connectivity index (χ2v) is 3.98. The predicted molar refractivity (Wildman–Crippen MR) is 64.2 cm³/mol. The minimum absolute atomic E-state index is 0.0602. The summed E-state index contributed by atoms with van der Waals surface area (Å²) in [6, 6.07) is 6.91. The summed E-state index contributed by atoms with van der Waals surface area (Å²) >= 11 is 1.18. The Morgan fingerprint density at radius 2 is 2.06 bits per heavy atom. The molecule has 0 N–H and O–H groups in total. The molecular weight excluding hydrogens is 222 g/mol. The number of rotatable bonds is 2. The van der Waals surface area contributed by atoms with Crippen LogP contribution in [0, 0.1) is 11.8 Å². The molecule has 0 aromatic heterocycles. The molecule has 0 spiro atoms. The molecule has 0 saturated heterocycles. The third-order valence-corrected chi connectivity index (χ3v) is 2.32. The highest BCUT2D eigenvalue weighted by Gasteiger charge is 1.90. The van der Waals surface area contributed by atoms with Crippen molar-refractivity contribution in [1.29, 1.82) is 0 Å². The van der Waals surface area contributed by atoms with Gasteiger partial charge in [0.1, 0.15) is 0 Å². The molecule has 1 aromatic rings. The van der Waals surface area contributed by atoms with Gasteiger partial charge in [0.05, 0.1) is 11.4 Å². The maximum Gasteiger partial charge on any atom is 0.240 e. The first-order valence-electron chi connectivity index (χ1n) is 4.52. The summed E-state index contributed by atoms with van der Waals surface area (Å²) in [5.74, 6) is 6.26. The van der Waals surface area contributed by atoms with E-state index in [1.54, 1.807) is 24.3 Å². The number of benzene rings is 1. The number of carbonyl (C=O) groups is 1. The first-order chi connectivity index (χ1) is 7.72. The van der Waals surface area contributed by atoms with Crippen LogP contribution >= 0.6 is 11.8 Å². The fourth-order valence-electron chi connectivity index (χ4n) is 0.948. The molecule has 0 radical (unpaired) electrons. The molecule has 0 aliphatic rings. The van der Waals surface area contributed by atoms with Crippen molar-refractivity contribution in [2.75, 3.05) is 5.75 Å². The summed E-state index contributed by atoms with van der Waals surface area (Å²) in [5, 5.41) is 0.0602. The smallest absolute Gasteiger partial charge is 0.240 e. The van der Waals surface area contributed by atoms with E-state index in [0.29, 0.717) is 11.4 Å². The number of hydrogen-bond donors (Lipinski definition) is 0. The van der Waals surface area contributed by atoms with Crippen LogP contribution in [0.5, 0.6) is 0 Å². The second-order valence-electron chi connectivity index (χ2n) is 2.83. The van der Waals surface area contributed by atoms with E-state index in [0.717, 1.165) is 5.56 Å². The molecular formula is C12H9NO2S. The second kappa shape index (κ2) is 6.62. The van der Waals surface area contributed by atoms with Gasteiger partial charge in [0.25, 0.3) is 0 Å². The Balaban J connectivity index is 2.61. The zero-order chi connectivity index (χ0) is 11.8. The topological polar surface area (TPSA) is 46.5 Å². The molecule has 0 aliphatic heterocycles. The van der Waals surface area contributed by atoms with Crippen LogP contribution in [0.15, 0.2) is 29.3 Å². The lowest BCUT2D eigenvalue weighted by Gasteiger charge is -1.91. The molecule has 1 aromatic carbocycles. The molecule has 0 aliphatic carbocycles. The molecule has 0 heterocycles. The van der Waals surface area contributed by atoms with Crippen LogP contribution in [0.1, 0.15) is 12.5 Å². The van der Waals surface area contributed by atoms with Crippen LogP contribution in [0.25, 0.3) is 0 Å². The SMILES string of the molecule is CC(=O)SCC#Cc1ccc(N=C=O)cc1. The standard InChI is InChI=1S/C12H9NO2S/c1-10(15)16-8-2-3-11-4-6-12(7-5-11)13-9-14/h4-7H,8H2,1H3. The molecule has 0 amide bonds. The maximum atomic E-state index is 10.6. The van der Waals surface area contributed by atoms with Gasteiger partial charge in [-0.1, -0.05) is 23.6 Å². The van der Waals surface area contributed by atoms with E-state index in [2.05, 4.69) is 16.8 Å². The van der Waals surface area contributed by atoms with Crippen molar-refractivity contribution < 1.29 is 9.59 Å². The number of isocyanates is 1. The molecule has 0 unspecified atom stereocenters.